The first kappa shape index (κ1) is 16.0. The Morgan fingerprint density at radius 2 is 1.86 bits per heavy atom. The molecule has 0 aliphatic rings. The van der Waals surface area contributed by atoms with Crippen molar-refractivity contribution in [2.75, 3.05) is 13.1 Å². The van der Waals surface area contributed by atoms with E-state index in [0.717, 1.165) is 30.6 Å². The highest BCUT2D eigenvalue weighted by atomic mass is 16.3. The van der Waals surface area contributed by atoms with E-state index >= 15 is 0 Å². The molecule has 0 atom stereocenters. The predicted molar refractivity (Wildman–Crippen MR) is 88.5 cm³/mol. The second-order valence-corrected chi connectivity index (χ2v) is 4.99. The maximum absolute atomic E-state index is 8.99. The summed E-state index contributed by atoms with van der Waals surface area (Å²) in [4.78, 5) is 8.53. The Morgan fingerprint density at radius 3 is 2.55 bits per heavy atom. The number of nitrogens with two attached hydrogens (primary N) is 1. The molecule has 2 rings (SSSR count). The van der Waals surface area contributed by atoms with Crippen molar-refractivity contribution in [1.29, 1.82) is 0 Å². The Kier molecular flexibility index (Phi) is 6.39. The zero-order valence-corrected chi connectivity index (χ0v) is 12.6. The van der Waals surface area contributed by atoms with Gasteiger partial charge in [-0.1, -0.05) is 30.3 Å². The highest BCUT2D eigenvalue weighted by molar-refractivity contribution is 5.77. The van der Waals surface area contributed by atoms with Crippen LogP contribution >= 0.6 is 0 Å². The van der Waals surface area contributed by atoms with Gasteiger partial charge in [-0.2, -0.15) is 0 Å². The van der Waals surface area contributed by atoms with Gasteiger partial charge in [-0.3, -0.25) is 9.98 Å². The van der Waals surface area contributed by atoms with Gasteiger partial charge in [0.2, 0.25) is 0 Å². The maximum atomic E-state index is 8.99. The molecule has 1 heterocycles. The van der Waals surface area contributed by atoms with Crippen LogP contribution in [-0.4, -0.2) is 29.1 Å². The molecule has 2 aromatic rings. The molecule has 0 saturated heterocycles. The van der Waals surface area contributed by atoms with Crippen molar-refractivity contribution in [3.8, 4) is 0 Å². The fraction of sp³-hybridized carbons (Fsp3) is 0.294. The third-order valence-corrected chi connectivity index (χ3v) is 3.30. The van der Waals surface area contributed by atoms with E-state index in [4.69, 9.17) is 10.8 Å². The molecule has 0 saturated carbocycles. The van der Waals surface area contributed by atoms with E-state index < -0.39 is 0 Å². The lowest BCUT2D eigenvalue weighted by Gasteiger charge is -2.06. The first-order valence-electron chi connectivity index (χ1n) is 7.40. The standard InChI is InChI=1S/C17H22N4O/c18-17(21-12-9-16-3-1-2-10-19-16)20-11-8-14-4-6-15(13-22)7-5-14/h1-7,10,22H,8-9,11-13H2,(H3,18,20,21). The third-order valence-electron chi connectivity index (χ3n) is 3.30. The number of aliphatic hydroxyl groups is 1. The molecule has 1 aromatic heterocycles. The second-order valence-electron chi connectivity index (χ2n) is 4.99. The molecule has 22 heavy (non-hydrogen) atoms. The lowest BCUT2D eigenvalue weighted by Crippen LogP contribution is -2.33. The summed E-state index contributed by atoms with van der Waals surface area (Å²) < 4.78 is 0. The van der Waals surface area contributed by atoms with E-state index in [1.54, 1.807) is 6.20 Å². The summed E-state index contributed by atoms with van der Waals surface area (Å²) in [6.45, 7) is 1.44. The van der Waals surface area contributed by atoms with Gasteiger partial charge in [0.25, 0.3) is 0 Å². The summed E-state index contributed by atoms with van der Waals surface area (Å²) in [6, 6.07) is 13.7. The Labute approximate surface area is 130 Å². The third kappa shape index (κ3) is 5.54. The highest BCUT2D eigenvalue weighted by Gasteiger charge is 1.96. The van der Waals surface area contributed by atoms with Crippen LogP contribution in [-0.2, 0) is 19.4 Å². The summed E-state index contributed by atoms with van der Waals surface area (Å²) >= 11 is 0. The minimum absolute atomic E-state index is 0.0778. The number of nitrogens with one attached hydrogen (secondary N) is 1. The summed E-state index contributed by atoms with van der Waals surface area (Å²) in [5, 5.41) is 12.1. The number of rotatable bonds is 7. The van der Waals surface area contributed by atoms with Crippen molar-refractivity contribution in [2.24, 2.45) is 10.7 Å². The molecule has 0 radical (unpaired) electrons. The van der Waals surface area contributed by atoms with Crippen molar-refractivity contribution < 1.29 is 5.11 Å². The van der Waals surface area contributed by atoms with Gasteiger partial charge in [0.1, 0.15) is 0 Å². The topological polar surface area (TPSA) is 83.5 Å². The Balaban J connectivity index is 1.68. The molecule has 116 valence electrons. The quantitative estimate of drug-likeness (QED) is 0.531. The number of hydrogen-bond acceptors (Lipinski definition) is 3. The first-order valence-corrected chi connectivity index (χ1v) is 7.40. The Hall–Kier alpha value is -2.40. The van der Waals surface area contributed by atoms with E-state index in [1.807, 2.05) is 42.5 Å². The van der Waals surface area contributed by atoms with Gasteiger partial charge < -0.3 is 16.2 Å². The van der Waals surface area contributed by atoms with Crippen LogP contribution in [0.2, 0.25) is 0 Å². The van der Waals surface area contributed by atoms with Crippen LogP contribution in [0.15, 0.2) is 53.7 Å². The predicted octanol–water partition coefficient (Wildman–Crippen LogP) is 1.26. The molecule has 5 heteroatoms. The van der Waals surface area contributed by atoms with Crippen molar-refractivity contribution in [2.45, 2.75) is 19.4 Å². The molecule has 1 aromatic carbocycles. The number of aliphatic imine (C=N–C) groups is 1. The van der Waals surface area contributed by atoms with Crippen LogP contribution < -0.4 is 11.1 Å². The molecule has 0 amide bonds. The highest BCUT2D eigenvalue weighted by Crippen LogP contribution is 2.04. The Bertz CT molecular complexity index is 581. The monoisotopic (exact) mass is 298 g/mol. The smallest absolute Gasteiger partial charge is 0.188 e. The minimum atomic E-state index is 0.0778. The molecule has 5 nitrogen and oxygen atoms in total. The molecular formula is C17H22N4O. The fourth-order valence-corrected chi connectivity index (χ4v) is 2.04. The molecule has 0 spiro atoms. The lowest BCUT2D eigenvalue weighted by atomic mass is 10.1. The molecule has 0 fully saturated rings. The largest absolute Gasteiger partial charge is 0.392 e. The molecule has 0 aliphatic carbocycles. The molecule has 0 aliphatic heterocycles. The van der Waals surface area contributed by atoms with Crippen LogP contribution in [0.5, 0.6) is 0 Å². The maximum Gasteiger partial charge on any atom is 0.188 e. The number of benzene rings is 1. The zero-order valence-electron chi connectivity index (χ0n) is 12.6. The van der Waals surface area contributed by atoms with E-state index in [1.165, 1.54) is 5.56 Å². The number of nitrogens with zero attached hydrogens (tertiary/aromatic N) is 2. The van der Waals surface area contributed by atoms with Gasteiger partial charge in [0, 0.05) is 31.4 Å². The van der Waals surface area contributed by atoms with Crippen molar-refractivity contribution >= 4 is 5.96 Å². The van der Waals surface area contributed by atoms with Crippen LogP contribution in [0.1, 0.15) is 16.8 Å². The average molecular weight is 298 g/mol. The van der Waals surface area contributed by atoms with E-state index in [-0.39, 0.29) is 6.61 Å². The zero-order chi connectivity index (χ0) is 15.6. The van der Waals surface area contributed by atoms with Gasteiger partial charge in [-0.15, -0.1) is 0 Å². The molecular weight excluding hydrogens is 276 g/mol. The molecule has 0 unspecified atom stereocenters. The van der Waals surface area contributed by atoms with Crippen LogP contribution in [0.25, 0.3) is 0 Å². The van der Waals surface area contributed by atoms with Crippen LogP contribution in [0.3, 0.4) is 0 Å². The van der Waals surface area contributed by atoms with Gasteiger partial charge in [0.15, 0.2) is 5.96 Å². The number of aliphatic hydroxyl groups excluding tert-OH is 1. The SMILES string of the molecule is NC(=NCCc1ccccn1)NCCc1ccc(CO)cc1. The van der Waals surface area contributed by atoms with Crippen molar-refractivity contribution in [3.63, 3.8) is 0 Å². The minimum Gasteiger partial charge on any atom is -0.392 e. The number of hydrogen-bond donors (Lipinski definition) is 3. The van der Waals surface area contributed by atoms with Crippen LogP contribution in [0.4, 0.5) is 0 Å². The second kappa shape index (κ2) is 8.79. The summed E-state index contributed by atoms with van der Waals surface area (Å²) in [6.07, 6.45) is 3.43. The van der Waals surface area contributed by atoms with E-state index in [9.17, 15) is 0 Å². The number of aromatic nitrogens is 1. The molecule has 4 N–H and O–H groups in total. The van der Waals surface area contributed by atoms with Gasteiger partial charge in [-0.05, 0) is 29.7 Å². The normalized spacial score (nSPS) is 11.4. The lowest BCUT2D eigenvalue weighted by molar-refractivity contribution is 0.282. The number of guanidine groups is 1. The number of pyridine rings is 1. The first-order chi connectivity index (χ1) is 10.8. The van der Waals surface area contributed by atoms with Crippen LogP contribution in [0, 0.1) is 0 Å². The van der Waals surface area contributed by atoms with Crippen molar-refractivity contribution in [3.05, 3.63) is 65.5 Å². The summed E-state index contributed by atoms with van der Waals surface area (Å²) in [5.41, 5.74) is 8.97. The fourth-order valence-electron chi connectivity index (χ4n) is 2.04. The van der Waals surface area contributed by atoms with Gasteiger partial charge in [0.05, 0.1) is 6.61 Å². The van der Waals surface area contributed by atoms with Gasteiger partial charge >= 0.3 is 0 Å². The molecule has 0 bridgehead atoms. The Morgan fingerprint density at radius 1 is 1.09 bits per heavy atom. The van der Waals surface area contributed by atoms with Crippen molar-refractivity contribution in [1.82, 2.24) is 10.3 Å². The van der Waals surface area contributed by atoms with E-state index in [2.05, 4.69) is 15.3 Å². The summed E-state index contributed by atoms with van der Waals surface area (Å²) in [7, 11) is 0. The average Bonchev–Trinajstić information content (AvgIpc) is 2.56. The van der Waals surface area contributed by atoms with Gasteiger partial charge in [-0.25, -0.2) is 0 Å². The summed E-state index contributed by atoms with van der Waals surface area (Å²) in [5.74, 6) is 0.461. The van der Waals surface area contributed by atoms with E-state index in [0.29, 0.717) is 12.5 Å².